The molecule has 0 unspecified atom stereocenters. The molecule has 1 N–H and O–H groups in total. The lowest BCUT2D eigenvalue weighted by atomic mass is 10.00. The summed E-state index contributed by atoms with van der Waals surface area (Å²) in [6.45, 7) is 1.45. The molecule has 7 nitrogen and oxygen atoms in total. The van der Waals surface area contributed by atoms with Gasteiger partial charge in [0.05, 0.1) is 18.1 Å². The summed E-state index contributed by atoms with van der Waals surface area (Å²) in [4.78, 5) is 28.1. The Labute approximate surface area is 152 Å². The zero-order valence-electron chi connectivity index (χ0n) is 15.1. The van der Waals surface area contributed by atoms with Gasteiger partial charge >= 0.3 is 0 Å². The molecule has 1 saturated heterocycles. The minimum Gasteiger partial charge on any atom is -0.364 e. The lowest BCUT2D eigenvalue weighted by Crippen LogP contribution is -2.33. The van der Waals surface area contributed by atoms with Crippen LogP contribution in [-0.2, 0) is 24.7 Å². The van der Waals surface area contributed by atoms with Crippen molar-refractivity contribution in [3.63, 3.8) is 0 Å². The highest BCUT2D eigenvalue weighted by atomic mass is 16.2. The Morgan fingerprint density at radius 2 is 2.08 bits per heavy atom. The Morgan fingerprint density at radius 3 is 2.85 bits per heavy atom. The Morgan fingerprint density at radius 1 is 1.19 bits per heavy atom. The van der Waals surface area contributed by atoms with Crippen molar-refractivity contribution in [3.8, 4) is 0 Å². The molecule has 5 rings (SSSR count). The molecule has 1 saturated carbocycles. The third-order valence-corrected chi connectivity index (χ3v) is 5.86. The number of carbonyl (C=O) groups is 1. The number of hydrogen-bond donors (Lipinski definition) is 1. The van der Waals surface area contributed by atoms with Crippen molar-refractivity contribution in [3.05, 3.63) is 35.8 Å². The van der Waals surface area contributed by atoms with E-state index in [0.717, 1.165) is 56.7 Å². The fourth-order valence-corrected chi connectivity index (χ4v) is 4.30. The largest absolute Gasteiger partial charge is 0.364 e. The maximum Gasteiger partial charge on any atom is 0.225 e. The molecule has 3 heterocycles. The van der Waals surface area contributed by atoms with Crippen LogP contribution in [0.5, 0.6) is 0 Å². The molecule has 2 aromatic heterocycles. The number of nitrogens with one attached hydrogen (secondary N) is 1. The molecule has 2 fully saturated rings. The number of fused-ring (bicyclic) bond motifs is 1. The fourth-order valence-electron chi connectivity index (χ4n) is 4.30. The number of aryl methyl sites for hydroxylation is 2. The average molecular weight is 352 g/mol. The molecule has 136 valence electrons. The summed E-state index contributed by atoms with van der Waals surface area (Å²) in [6.07, 6.45) is 10.8. The molecule has 7 heteroatoms. The standard InChI is InChI=1S/C19H24N6O/c1-24-8-16(22-11-24)14-7-25(19(26)12-5-6-12)9-17(14)23-18-13-3-2-4-15(13)20-10-21-18/h8,10-12,14,17H,2-7,9H2,1H3,(H,20,21,23)/t14-,17+/m0/s1. The zero-order chi connectivity index (χ0) is 17.7. The van der Waals surface area contributed by atoms with E-state index in [4.69, 9.17) is 0 Å². The quantitative estimate of drug-likeness (QED) is 0.903. The van der Waals surface area contributed by atoms with Gasteiger partial charge in [0.2, 0.25) is 5.91 Å². The van der Waals surface area contributed by atoms with Crippen LogP contribution in [-0.4, -0.2) is 49.5 Å². The molecule has 2 aromatic rings. The lowest BCUT2D eigenvalue weighted by molar-refractivity contribution is -0.131. The first-order valence-corrected chi connectivity index (χ1v) is 9.55. The third-order valence-electron chi connectivity index (χ3n) is 5.86. The number of rotatable bonds is 4. The highest BCUT2D eigenvalue weighted by Gasteiger charge is 2.42. The lowest BCUT2D eigenvalue weighted by Gasteiger charge is -2.20. The van der Waals surface area contributed by atoms with Crippen molar-refractivity contribution < 1.29 is 4.79 Å². The van der Waals surface area contributed by atoms with Gasteiger partial charge in [0.25, 0.3) is 0 Å². The maximum absolute atomic E-state index is 12.6. The van der Waals surface area contributed by atoms with Crippen LogP contribution in [0, 0.1) is 5.92 Å². The van der Waals surface area contributed by atoms with Crippen molar-refractivity contribution in [2.24, 2.45) is 13.0 Å². The smallest absolute Gasteiger partial charge is 0.225 e. The van der Waals surface area contributed by atoms with Crippen LogP contribution in [0.2, 0.25) is 0 Å². The molecule has 0 spiro atoms. The molecule has 1 amide bonds. The van der Waals surface area contributed by atoms with E-state index in [0.29, 0.717) is 5.91 Å². The number of anilines is 1. The monoisotopic (exact) mass is 352 g/mol. The first kappa shape index (κ1) is 15.8. The minimum absolute atomic E-state index is 0.132. The number of hydrogen-bond acceptors (Lipinski definition) is 5. The van der Waals surface area contributed by atoms with Crippen LogP contribution in [0.4, 0.5) is 5.82 Å². The number of imidazole rings is 1. The van der Waals surface area contributed by atoms with Gasteiger partial charge in [-0.25, -0.2) is 15.0 Å². The van der Waals surface area contributed by atoms with Gasteiger partial charge in [0.1, 0.15) is 12.1 Å². The molecule has 0 radical (unpaired) electrons. The Kier molecular flexibility index (Phi) is 3.69. The van der Waals surface area contributed by atoms with Gasteiger partial charge in [-0.3, -0.25) is 4.79 Å². The van der Waals surface area contributed by atoms with E-state index < -0.39 is 0 Å². The topological polar surface area (TPSA) is 75.9 Å². The zero-order valence-corrected chi connectivity index (χ0v) is 15.1. The van der Waals surface area contributed by atoms with Crippen molar-refractivity contribution in [2.45, 2.75) is 44.1 Å². The van der Waals surface area contributed by atoms with E-state index in [1.165, 1.54) is 11.3 Å². The Hall–Kier alpha value is -2.44. The molecule has 2 atom stereocenters. The van der Waals surface area contributed by atoms with E-state index in [2.05, 4.69) is 26.5 Å². The van der Waals surface area contributed by atoms with Gasteiger partial charge in [-0.15, -0.1) is 0 Å². The number of likely N-dealkylation sites (tertiary alicyclic amines) is 1. The molecular formula is C19H24N6O. The molecule has 3 aliphatic rings. The highest BCUT2D eigenvalue weighted by molar-refractivity contribution is 5.81. The molecule has 0 bridgehead atoms. The predicted molar refractivity (Wildman–Crippen MR) is 96.7 cm³/mol. The number of amides is 1. The molecule has 2 aliphatic carbocycles. The van der Waals surface area contributed by atoms with Crippen molar-refractivity contribution >= 4 is 11.7 Å². The van der Waals surface area contributed by atoms with Crippen molar-refractivity contribution in [1.29, 1.82) is 0 Å². The van der Waals surface area contributed by atoms with Crippen LogP contribution in [0.1, 0.15) is 42.1 Å². The number of nitrogens with zero attached hydrogens (tertiary/aromatic N) is 5. The van der Waals surface area contributed by atoms with Crippen LogP contribution in [0.15, 0.2) is 18.9 Å². The Balaban J connectivity index is 1.42. The summed E-state index contributed by atoms with van der Waals surface area (Å²) in [6, 6.07) is 0.132. The summed E-state index contributed by atoms with van der Waals surface area (Å²) < 4.78 is 1.97. The highest BCUT2D eigenvalue weighted by Crippen LogP contribution is 2.36. The van der Waals surface area contributed by atoms with E-state index in [-0.39, 0.29) is 17.9 Å². The van der Waals surface area contributed by atoms with E-state index >= 15 is 0 Å². The predicted octanol–water partition coefficient (Wildman–Crippen LogP) is 1.52. The second-order valence-electron chi connectivity index (χ2n) is 7.84. The van der Waals surface area contributed by atoms with Gasteiger partial charge in [-0.05, 0) is 32.1 Å². The first-order valence-electron chi connectivity index (χ1n) is 9.55. The molecule has 1 aliphatic heterocycles. The second kappa shape index (κ2) is 6.07. The number of aromatic nitrogens is 4. The van der Waals surface area contributed by atoms with Gasteiger partial charge in [0.15, 0.2) is 0 Å². The molecular weight excluding hydrogens is 328 g/mol. The van der Waals surface area contributed by atoms with E-state index in [1.54, 1.807) is 6.33 Å². The second-order valence-corrected chi connectivity index (χ2v) is 7.84. The normalized spacial score (nSPS) is 24.7. The third kappa shape index (κ3) is 2.75. The van der Waals surface area contributed by atoms with Crippen LogP contribution in [0.3, 0.4) is 0 Å². The molecule has 26 heavy (non-hydrogen) atoms. The van der Waals surface area contributed by atoms with Gasteiger partial charge in [-0.2, -0.15) is 0 Å². The van der Waals surface area contributed by atoms with Crippen LogP contribution in [0.25, 0.3) is 0 Å². The summed E-state index contributed by atoms with van der Waals surface area (Å²) in [5, 5.41) is 3.65. The summed E-state index contributed by atoms with van der Waals surface area (Å²) in [7, 11) is 1.98. The van der Waals surface area contributed by atoms with Gasteiger partial charge in [0, 0.05) is 49.4 Å². The average Bonchev–Trinajstić information content (AvgIpc) is 3.03. The SMILES string of the molecule is Cn1cnc([C@@H]2CN(C(=O)C3CC3)C[C@H]2Nc2ncnc3c2CCC3)c1. The van der Waals surface area contributed by atoms with Gasteiger partial charge < -0.3 is 14.8 Å². The van der Waals surface area contributed by atoms with Crippen molar-refractivity contribution in [1.82, 2.24) is 24.4 Å². The first-order chi connectivity index (χ1) is 12.7. The van der Waals surface area contributed by atoms with Crippen LogP contribution >= 0.6 is 0 Å². The minimum atomic E-state index is 0.132. The number of carbonyl (C=O) groups excluding carboxylic acids is 1. The van der Waals surface area contributed by atoms with Crippen LogP contribution < -0.4 is 5.32 Å². The summed E-state index contributed by atoms with van der Waals surface area (Å²) in [5.74, 6) is 1.69. The van der Waals surface area contributed by atoms with Crippen molar-refractivity contribution in [2.75, 3.05) is 18.4 Å². The van der Waals surface area contributed by atoms with E-state index in [9.17, 15) is 4.79 Å². The van der Waals surface area contributed by atoms with E-state index in [1.807, 2.05) is 22.8 Å². The molecule has 0 aromatic carbocycles. The summed E-state index contributed by atoms with van der Waals surface area (Å²) >= 11 is 0. The van der Waals surface area contributed by atoms with Gasteiger partial charge in [-0.1, -0.05) is 0 Å². The summed E-state index contributed by atoms with van der Waals surface area (Å²) in [5.41, 5.74) is 3.46. The Bertz CT molecular complexity index is 842. The fraction of sp³-hybridized carbons (Fsp3) is 0.579. The maximum atomic E-state index is 12.6.